The molecule has 1 unspecified atom stereocenters. The molecule has 0 spiro atoms. The highest BCUT2D eigenvalue weighted by Crippen LogP contribution is 2.11. The van der Waals surface area contributed by atoms with Crippen molar-refractivity contribution in [1.82, 2.24) is 5.32 Å². The molecule has 0 bridgehead atoms. The van der Waals surface area contributed by atoms with E-state index in [-0.39, 0.29) is 17.9 Å². The molecule has 0 saturated carbocycles. The quantitative estimate of drug-likeness (QED) is 0.412. The van der Waals surface area contributed by atoms with Gasteiger partial charge in [0, 0.05) is 11.9 Å². The Balaban J connectivity index is 2.79. The van der Waals surface area contributed by atoms with Crippen molar-refractivity contribution in [3.63, 3.8) is 0 Å². The minimum absolute atomic E-state index is 0.103. The Morgan fingerprint density at radius 1 is 1.20 bits per heavy atom. The molecular weight excluding hydrogens is 326 g/mol. The lowest BCUT2D eigenvalue weighted by Crippen LogP contribution is -2.44. The van der Waals surface area contributed by atoms with Gasteiger partial charge in [0.2, 0.25) is 0 Å². The predicted molar refractivity (Wildman–Crippen MR) is 89.5 cm³/mol. The van der Waals surface area contributed by atoms with Gasteiger partial charge in [-0.2, -0.15) is 5.26 Å². The number of aliphatic carboxylic acids is 2. The molecule has 0 fully saturated rings. The van der Waals surface area contributed by atoms with Crippen molar-refractivity contribution in [2.45, 2.75) is 26.3 Å². The fourth-order valence-corrected chi connectivity index (χ4v) is 1.93. The van der Waals surface area contributed by atoms with Crippen LogP contribution in [0.3, 0.4) is 0 Å². The van der Waals surface area contributed by atoms with Crippen molar-refractivity contribution in [2.24, 2.45) is 5.92 Å². The molecule has 0 heterocycles. The average Bonchev–Trinajstić information content (AvgIpc) is 2.53. The number of nitriles is 1. The highest BCUT2D eigenvalue weighted by atomic mass is 16.4. The van der Waals surface area contributed by atoms with E-state index in [0.29, 0.717) is 11.3 Å². The molecule has 0 aliphatic rings. The highest BCUT2D eigenvalue weighted by molar-refractivity contribution is 5.99. The zero-order valence-electron chi connectivity index (χ0n) is 13.8. The van der Waals surface area contributed by atoms with E-state index in [1.54, 1.807) is 44.2 Å². The summed E-state index contributed by atoms with van der Waals surface area (Å²) in [7, 11) is 0. The first-order chi connectivity index (χ1) is 11.7. The second-order valence-corrected chi connectivity index (χ2v) is 5.61. The number of amides is 1. The van der Waals surface area contributed by atoms with Gasteiger partial charge in [-0.15, -0.1) is 0 Å². The number of rotatable bonds is 8. The lowest BCUT2D eigenvalue weighted by Gasteiger charge is -2.17. The molecule has 1 atom stereocenters. The highest BCUT2D eigenvalue weighted by Gasteiger charge is 2.24. The summed E-state index contributed by atoms with van der Waals surface area (Å²) in [6.45, 7) is 3.29. The first kappa shape index (κ1) is 19.7. The van der Waals surface area contributed by atoms with E-state index in [4.69, 9.17) is 15.5 Å². The second-order valence-electron chi connectivity index (χ2n) is 5.61. The van der Waals surface area contributed by atoms with Crippen molar-refractivity contribution in [3.05, 3.63) is 41.6 Å². The molecule has 1 aromatic rings. The lowest BCUT2D eigenvalue weighted by atomic mass is 10.0. The number of anilines is 1. The number of hydrogen-bond donors (Lipinski definition) is 4. The maximum atomic E-state index is 12.0. The van der Waals surface area contributed by atoms with Crippen LogP contribution in [0.5, 0.6) is 0 Å². The molecule has 25 heavy (non-hydrogen) atoms. The lowest BCUT2D eigenvalue weighted by molar-refractivity contribution is -0.142. The van der Waals surface area contributed by atoms with Gasteiger partial charge in [0.1, 0.15) is 17.7 Å². The molecule has 1 rings (SSSR count). The third-order valence-corrected chi connectivity index (χ3v) is 3.28. The van der Waals surface area contributed by atoms with Crippen LogP contribution in [0.15, 0.2) is 36.0 Å². The Morgan fingerprint density at radius 2 is 1.80 bits per heavy atom. The zero-order chi connectivity index (χ0) is 19.0. The van der Waals surface area contributed by atoms with Crippen molar-refractivity contribution in [1.29, 1.82) is 5.26 Å². The molecule has 1 aromatic carbocycles. The van der Waals surface area contributed by atoms with Crippen LogP contribution in [-0.2, 0) is 20.8 Å². The van der Waals surface area contributed by atoms with Crippen molar-refractivity contribution in [2.75, 3.05) is 5.32 Å². The molecule has 0 aliphatic carbocycles. The molecule has 4 N–H and O–H groups in total. The normalized spacial score (nSPS) is 12.2. The molecule has 0 radical (unpaired) electrons. The molecule has 0 aliphatic heterocycles. The van der Waals surface area contributed by atoms with E-state index in [0.717, 1.165) is 0 Å². The number of carbonyl (C=O) groups excluding carboxylic acids is 1. The van der Waals surface area contributed by atoms with Gasteiger partial charge in [-0.3, -0.25) is 9.59 Å². The minimum Gasteiger partial charge on any atom is -0.481 e. The van der Waals surface area contributed by atoms with Gasteiger partial charge in [0.05, 0.1) is 6.42 Å². The Kier molecular flexibility index (Phi) is 7.16. The van der Waals surface area contributed by atoms with Crippen LogP contribution in [0.2, 0.25) is 0 Å². The van der Waals surface area contributed by atoms with Crippen LogP contribution in [0.4, 0.5) is 5.69 Å². The number of hydrogen-bond acceptors (Lipinski definition) is 5. The SMILES string of the molecule is CC(C)C(NC(=O)/C(C#N)=C\Nc1ccc(CC(=O)O)cc1)C(=O)O. The summed E-state index contributed by atoms with van der Waals surface area (Å²) in [5.74, 6) is -3.25. The number of carboxylic acid groups (broad SMARTS) is 2. The summed E-state index contributed by atoms with van der Waals surface area (Å²) in [4.78, 5) is 33.7. The van der Waals surface area contributed by atoms with E-state index < -0.39 is 23.9 Å². The van der Waals surface area contributed by atoms with Crippen LogP contribution >= 0.6 is 0 Å². The zero-order valence-corrected chi connectivity index (χ0v) is 13.8. The second kappa shape index (κ2) is 9.08. The summed E-state index contributed by atoms with van der Waals surface area (Å²) < 4.78 is 0. The van der Waals surface area contributed by atoms with Gasteiger partial charge in [-0.1, -0.05) is 26.0 Å². The standard InChI is InChI=1S/C17H19N3O5/c1-10(2)15(17(24)25)20-16(23)12(8-18)9-19-13-5-3-11(4-6-13)7-14(21)22/h3-6,9-10,15,19H,7H2,1-2H3,(H,20,23)(H,21,22)(H,24,25)/b12-9-. The monoisotopic (exact) mass is 345 g/mol. The molecule has 132 valence electrons. The Hall–Kier alpha value is -3.34. The number of carboxylic acids is 2. The van der Waals surface area contributed by atoms with E-state index in [1.807, 2.05) is 0 Å². The first-order valence-corrected chi connectivity index (χ1v) is 7.45. The summed E-state index contributed by atoms with van der Waals surface area (Å²) in [6, 6.07) is 7.04. The minimum atomic E-state index is -1.18. The Morgan fingerprint density at radius 3 is 2.24 bits per heavy atom. The van der Waals surface area contributed by atoms with E-state index in [9.17, 15) is 14.4 Å². The maximum Gasteiger partial charge on any atom is 0.326 e. The van der Waals surface area contributed by atoms with Crippen molar-refractivity contribution >= 4 is 23.5 Å². The number of nitrogens with zero attached hydrogens (tertiary/aromatic N) is 1. The smallest absolute Gasteiger partial charge is 0.326 e. The summed E-state index contributed by atoms with van der Waals surface area (Å²) in [5.41, 5.74) is 0.886. The maximum absolute atomic E-state index is 12.0. The number of carbonyl (C=O) groups is 3. The van der Waals surface area contributed by atoms with Gasteiger partial charge in [0.25, 0.3) is 5.91 Å². The third kappa shape index (κ3) is 6.35. The van der Waals surface area contributed by atoms with Gasteiger partial charge in [0.15, 0.2) is 0 Å². The number of nitrogens with one attached hydrogen (secondary N) is 2. The van der Waals surface area contributed by atoms with Crippen LogP contribution < -0.4 is 10.6 Å². The van der Waals surface area contributed by atoms with Crippen LogP contribution in [0.25, 0.3) is 0 Å². The molecule has 8 heteroatoms. The first-order valence-electron chi connectivity index (χ1n) is 7.45. The van der Waals surface area contributed by atoms with Gasteiger partial charge in [-0.05, 0) is 23.6 Å². The van der Waals surface area contributed by atoms with Gasteiger partial charge < -0.3 is 20.8 Å². The molecule has 1 amide bonds. The van der Waals surface area contributed by atoms with Gasteiger partial charge >= 0.3 is 11.9 Å². The van der Waals surface area contributed by atoms with Crippen LogP contribution in [0, 0.1) is 17.2 Å². The Bertz CT molecular complexity index is 717. The number of benzene rings is 1. The summed E-state index contributed by atoms with van der Waals surface area (Å²) in [6.07, 6.45) is 1.06. The average molecular weight is 345 g/mol. The molecular formula is C17H19N3O5. The van der Waals surface area contributed by atoms with Crippen molar-refractivity contribution in [3.8, 4) is 6.07 Å². The third-order valence-electron chi connectivity index (χ3n) is 3.28. The summed E-state index contributed by atoms with van der Waals surface area (Å²) >= 11 is 0. The molecule has 0 saturated heterocycles. The largest absolute Gasteiger partial charge is 0.481 e. The van der Waals surface area contributed by atoms with E-state index in [1.165, 1.54) is 6.20 Å². The van der Waals surface area contributed by atoms with Crippen LogP contribution in [0.1, 0.15) is 19.4 Å². The van der Waals surface area contributed by atoms with E-state index >= 15 is 0 Å². The Labute approximate surface area is 144 Å². The fourth-order valence-electron chi connectivity index (χ4n) is 1.93. The van der Waals surface area contributed by atoms with Gasteiger partial charge in [-0.25, -0.2) is 4.79 Å². The molecule has 8 nitrogen and oxygen atoms in total. The fraction of sp³-hybridized carbons (Fsp3) is 0.294. The molecule has 0 aromatic heterocycles. The predicted octanol–water partition coefficient (Wildman–Crippen LogP) is 1.36. The van der Waals surface area contributed by atoms with Crippen LogP contribution in [-0.4, -0.2) is 34.1 Å². The summed E-state index contributed by atoms with van der Waals surface area (Å²) in [5, 5.41) is 31.9. The van der Waals surface area contributed by atoms with E-state index in [2.05, 4.69) is 10.6 Å². The van der Waals surface area contributed by atoms with Crippen molar-refractivity contribution < 1.29 is 24.6 Å². The topological polar surface area (TPSA) is 140 Å².